The van der Waals surface area contributed by atoms with Gasteiger partial charge in [-0.05, 0) is 76.9 Å². The predicted octanol–water partition coefficient (Wildman–Crippen LogP) is 4.94. The van der Waals surface area contributed by atoms with Gasteiger partial charge >= 0.3 is 0 Å². The summed E-state index contributed by atoms with van der Waals surface area (Å²) in [6.45, 7) is 5.77. The smallest absolute Gasteiger partial charge is 0.244 e. The summed E-state index contributed by atoms with van der Waals surface area (Å²) in [5.74, 6) is -0.598. The molecule has 7 nitrogen and oxygen atoms in total. The number of nitrogens with zero attached hydrogens (tertiary/aromatic N) is 2. The number of nitrogens with one attached hydrogen (secondary N) is 1. The number of hydrogen-bond donors (Lipinski definition) is 1. The van der Waals surface area contributed by atoms with Gasteiger partial charge in [-0.3, -0.25) is 13.9 Å². The van der Waals surface area contributed by atoms with E-state index in [0.29, 0.717) is 34.3 Å². The third kappa shape index (κ3) is 8.80. The molecule has 0 bridgehead atoms. The summed E-state index contributed by atoms with van der Waals surface area (Å²) in [5, 5.41) is 3.68. The predicted molar refractivity (Wildman–Crippen MR) is 150 cm³/mol. The molecular formula is C24H30Cl2IN3O4S. The van der Waals surface area contributed by atoms with Gasteiger partial charge in [0.2, 0.25) is 21.8 Å². The molecule has 0 saturated heterocycles. The lowest BCUT2D eigenvalue weighted by Gasteiger charge is -2.33. The van der Waals surface area contributed by atoms with Gasteiger partial charge in [-0.1, -0.05) is 50.0 Å². The summed E-state index contributed by atoms with van der Waals surface area (Å²) in [7, 11) is -3.78. The molecule has 35 heavy (non-hydrogen) atoms. The quantitative estimate of drug-likeness (QED) is 0.348. The molecule has 1 N–H and O–H groups in total. The fourth-order valence-corrected chi connectivity index (χ4v) is 5.07. The molecule has 2 aromatic carbocycles. The van der Waals surface area contributed by atoms with E-state index in [1.165, 1.54) is 4.90 Å². The minimum Gasteiger partial charge on any atom is -0.354 e. The van der Waals surface area contributed by atoms with Crippen LogP contribution in [0.4, 0.5) is 5.69 Å². The van der Waals surface area contributed by atoms with Crippen molar-refractivity contribution in [1.29, 1.82) is 0 Å². The fourth-order valence-electron chi connectivity index (χ4n) is 3.40. The third-order valence-corrected chi connectivity index (χ3v) is 7.67. The summed E-state index contributed by atoms with van der Waals surface area (Å²) in [6.07, 6.45) is 1.38. The minimum absolute atomic E-state index is 0.0206. The largest absolute Gasteiger partial charge is 0.354 e. The zero-order chi connectivity index (χ0) is 26.3. The molecule has 2 aromatic rings. The molecule has 0 aliphatic heterocycles. The second kappa shape index (κ2) is 13.1. The number of sulfonamides is 1. The number of rotatable bonds is 11. The number of amides is 2. The van der Waals surface area contributed by atoms with E-state index in [2.05, 4.69) is 27.9 Å². The van der Waals surface area contributed by atoms with E-state index in [1.807, 2.05) is 13.8 Å². The first kappa shape index (κ1) is 29.7. The van der Waals surface area contributed by atoms with Gasteiger partial charge in [0.15, 0.2) is 0 Å². The topological polar surface area (TPSA) is 86.8 Å². The molecule has 0 aliphatic rings. The van der Waals surface area contributed by atoms with Crippen LogP contribution in [0.3, 0.4) is 0 Å². The number of anilines is 1. The standard InChI is InChI=1S/C24H30Cl2IN3O4S/c1-5-22(24(32)28-13-16(2)3)29(14-17-6-7-18(25)12-21(17)26)23(31)15-30(35(4,33)34)20-10-8-19(27)9-11-20/h6-12,16,22H,5,13-15H2,1-4H3,(H,28,32)/t22-/m1/s1. The normalized spacial score (nSPS) is 12.3. The van der Waals surface area contributed by atoms with Gasteiger partial charge < -0.3 is 10.2 Å². The van der Waals surface area contributed by atoms with Crippen molar-refractivity contribution < 1.29 is 18.0 Å². The van der Waals surface area contributed by atoms with Crippen LogP contribution < -0.4 is 9.62 Å². The van der Waals surface area contributed by atoms with E-state index in [0.717, 1.165) is 14.1 Å². The lowest BCUT2D eigenvalue weighted by atomic mass is 10.1. The molecule has 11 heteroatoms. The van der Waals surface area contributed by atoms with Crippen LogP contribution in [0.15, 0.2) is 42.5 Å². The molecule has 0 spiro atoms. The first-order chi connectivity index (χ1) is 16.3. The molecule has 0 fully saturated rings. The van der Waals surface area contributed by atoms with E-state index in [9.17, 15) is 18.0 Å². The van der Waals surface area contributed by atoms with Crippen LogP contribution in [-0.4, -0.2) is 50.5 Å². The summed E-state index contributed by atoms with van der Waals surface area (Å²) >= 11 is 14.5. The highest BCUT2D eigenvalue weighted by atomic mass is 127. The van der Waals surface area contributed by atoms with Crippen molar-refractivity contribution in [2.24, 2.45) is 5.92 Å². The Kier molecular flexibility index (Phi) is 11.1. The number of carbonyl (C=O) groups is 2. The molecular weight excluding hydrogens is 624 g/mol. The van der Waals surface area contributed by atoms with E-state index >= 15 is 0 Å². The molecule has 192 valence electrons. The van der Waals surface area contributed by atoms with Gasteiger partial charge in [-0.25, -0.2) is 8.42 Å². The summed E-state index contributed by atoms with van der Waals surface area (Å²) in [6, 6.07) is 10.9. The number of benzene rings is 2. The average Bonchev–Trinajstić information content (AvgIpc) is 2.77. The van der Waals surface area contributed by atoms with Crippen molar-refractivity contribution in [2.45, 2.75) is 39.8 Å². The molecule has 0 aromatic heterocycles. The molecule has 2 rings (SSSR count). The lowest BCUT2D eigenvalue weighted by Crippen LogP contribution is -2.52. The Morgan fingerprint density at radius 1 is 1.09 bits per heavy atom. The van der Waals surface area contributed by atoms with Crippen molar-refractivity contribution in [1.82, 2.24) is 10.2 Å². The van der Waals surface area contributed by atoms with Crippen molar-refractivity contribution in [3.05, 3.63) is 61.6 Å². The van der Waals surface area contributed by atoms with Crippen LogP contribution in [0.2, 0.25) is 10.0 Å². The maximum absolute atomic E-state index is 13.6. The van der Waals surface area contributed by atoms with Crippen LogP contribution in [-0.2, 0) is 26.2 Å². The Balaban J connectivity index is 2.44. The molecule has 1 atom stereocenters. The van der Waals surface area contributed by atoms with E-state index < -0.39 is 28.5 Å². The van der Waals surface area contributed by atoms with Crippen LogP contribution in [0, 0.1) is 9.49 Å². The fraction of sp³-hybridized carbons (Fsp3) is 0.417. The van der Waals surface area contributed by atoms with Gasteiger partial charge in [-0.2, -0.15) is 0 Å². The molecule has 0 unspecified atom stereocenters. The highest BCUT2D eigenvalue weighted by Gasteiger charge is 2.32. The molecule has 0 aliphatic carbocycles. The Hall–Kier alpha value is -1.56. The maximum Gasteiger partial charge on any atom is 0.244 e. The molecule has 0 saturated carbocycles. The van der Waals surface area contributed by atoms with Crippen LogP contribution in [0.25, 0.3) is 0 Å². The van der Waals surface area contributed by atoms with E-state index in [4.69, 9.17) is 23.2 Å². The molecule has 0 radical (unpaired) electrons. The Morgan fingerprint density at radius 3 is 2.23 bits per heavy atom. The van der Waals surface area contributed by atoms with Crippen LogP contribution in [0.5, 0.6) is 0 Å². The highest BCUT2D eigenvalue weighted by molar-refractivity contribution is 14.1. The van der Waals surface area contributed by atoms with Crippen LogP contribution in [0.1, 0.15) is 32.8 Å². The second-order valence-corrected chi connectivity index (χ2v) is 12.6. The number of carbonyl (C=O) groups excluding carboxylic acids is 2. The molecule has 0 heterocycles. The van der Waals surface area contributed by atoms with Crippen molar-refractivity contribution >= 4 is 73.3 Å². The summed E-state index contributed by atoms with van der Waals surface area (Å²) in [4.78, 5) is 28.1. The minimum atomic E-state index is -3.78. The lowest BCUT2D eigenvalue weighted by molar-refractivity contribution is -0.140. The van der Waals surface area contributed by atoms with Gasteiger partial charge in [0.05, 0.1) is 11.9 Å². The third-order valence-electron chi connectivity index (χ3n) is 5.22. The number of halogens is 3. The van der Waals surface area contributed by atoms with Gasteiger partial charge in [0.1, 0.15) is 12.6 Å². The summed E-state index contributed by atoms with van der Waals surface area (Å²) < 4.78 is 27.2. The first-order valence-corrected chi connectivity index (χ1v) is 14.8. The van der Waals surface area contributed by atoms with Gasteiger partial charge in [-0.15, -0.1) is 0 Å². The zero-order valence-electron chi connectivity index (χ0n) is 20.1. The first-order valence-electron chi connectivity index (χ1n) is 11.1. The van der Waals surface area contributed by atoms with Gasteiger partial charge in [0, 0.05) is 26.7 Å². The maximum atomic E-state index is 13.6. The van der Waals surface area contributed by atoms with E-state index in [1.54, 1.807) is 49.4 Å². The summed E-state index contributed by atoms with van der Waals surface area (Å²) in [5.41, 5.74) is 0.961. The SMILES string of the molecule is CC[C@H](C(=O)NCC(C)C)N(Cc1ccc(Cl)cc1Cl)C(=O)CN(c1ccc(I)cc1)S(C)(=O)=O. The highest BCUT2D eigenvalue weighted by Crippen LogP contribution is 2.25. The van der Waals surface area contributed by atoms with Crippen LogP contribution >= 0.6 is 45.8 Å². The Bertz CT molecular complexity index is 1140. The van der Waals surface area contributed by atoms with E-state index in [-0.39, 0.29) is 18.4 Å². The van der Waals surface area contributed by atoms with Crippen molar-refractivity contribution in [3.8, 4) is 0 Å². The van der Waals surface area contributed by atoms with Crippen molar-refractivity contribution in [3.63, 3.8) is 0 Å². The monoisotopic (exact) mass is 653 g/mol. The van der Waals surface area contributed by atoms with Crippen molar-refractivity contribution in [2.75, 3.05) is 23.7 Å². The zero-order valence-corrected chi connectivity index (χ0v) is 24.6. The Labute approximate surface area is 231 Å². The second-order valence-electron chi connectivity index (χ2n) is 8.57. The molecule has 2 amide bonds. The Morgan fingerprint density at radius 2 is 1.71 bits per heavy atom. The average molecular weight is 654 g/mol. The number of hydrogen-bond acceptors (Lipinski definition) is 4. The van der Waals surface area contributed by atoms with Gasteiger partial charge in [0.25, 0.3) is 0 Å².